The highest BCUT2D eigenvalue weighted by Gasteiger charge is 2.17. The van der Waals surface area contributed by atoms with E-state index in [1.807, 2.05) is 24.7 Å². The number of rotatable bonds is 1. The van der Waals surface area contributed by atoms with Crippen LogP contribution in [-0.4, -0.2) is 29.7 Å². The van der Waals surface area contributed by atoms with Crippen molar-refractivity contribution in [2.45, 2.75) is 6.04 Å². The van der Waals surface area contributed by atoms with Gasteiger partial charge in [-0.1, -0.05) is 0 Å². The quantitative estimate of drug-likeness (QED) is 0.778. The molecule has 1 unspecified atom stereocenters. The Hall–Kier alpha value is -1.52. The van der Waals surface area contributed by atoms with Crippen molar-refractivity contribution in [1.29, 1.82) is 0 Å². The maximum Gasteiger partial charge on any atom is 0.0662 e. The second-order valence-electron chi connectivity index (χ2n) is 3.91. The van der Waals surface area contributed by atoms with E-state index in [1.54, 1.807) is 6.20 Å². The Labute approximate surface area is 93.7 Å². The molecular weight excluding hydrogens is 202 g/mol. The van der Waals surface area contributed by atoms with Crippen LogP contribution in [0.5, 0.6) is 0 Å². The molecule has 0 amide bonds. The maximum atomic E-state index is 5.47. The average Bonchev–Trinajstić information content (AvgIpc) is 2.39. The van der Waals surface area contributed by atoms with Crippen LogP contribution in [0.3, 0.4) is 0 Å². The summed E-state index contributed by atoms with van der Waals surface area (Å²) in [7, 11) is 0. The summed E-state index contributed by atoms with van der Waals surface area (Å²) < 4.78 is 5.47. The van der Waals surface area contributed by atoms with E-state index in [0.717, 1.165) is 23.9 Å². The van der Waals surface area contributed by atoms with Gasteiger partial charge in [-0.05, 0) is 11.6 Å². The number of hydrogen-bond acceptors (Lipinski definition) is 4. The third-order valence-electron chi connectivity index (χ3n) is 2.89. The highest BCUT2D eigenvalue weighted by molar-refractivity contribution is 5.84. The van der Waals surface area contributed by atoms with Gasteiger partial charge in [0.1, 0.15) is 0 Å². The molecule has 3 rings (SSSR count). The molecule has 2 aromatic rings. The van der Waals surface area contributed by atoms with Crippen LogP contribution >= 0.6 is 0 Å². The van der Waals surface area contributed by atoms with Crippen molar-refractivity contribution in [1.82, 2.24) is 15.3 Å². The number of fused-ring (bicyclic) bond motifs is 1. The lowest BCUT2D eigenvalue weighted by Gasteiger charge is -2.24. The Bertz CT molecular complexity index is 489. The van der Waals surface area contributed by atoms with Crippen LogP contribution in [0.4, 0.5) is 0 Å². The van der Waals surface area contributed by atoms with Gasteiger partial charge in [0, 0.05) is 42.1 Å². The van der Waals surface area contributed by atoms with E-state index >= 15 is 0 Å². The van der Waals surface area contributed by atoms with E-state index in [9.17, 15) is 0 Å². The lowest BCUT2D eigenvalue weighted by Crippen LogP contribution is -2.34. The number of nitrogens with zero attached hydrogens (tertiary/aromatic N) is 2. The normalized spacial score (nSPS) is 21.1. The molecule has 4 nitrogen and oxygen atoms in total. The standard InChI is InChI=1S/C12H13N3O/c1-2-13-6-10-9(1)5-14-7-11(10)12-8-16-4-3-15-12/h1-2,5-7,12,15H,3-4,8H2. The van der Waals surface area contributed by atoms with Gasteiger partial charge >= 0.3 is 0 Å². The van der Waals surface area contributed by atoms with E-state index in [0.29, 0.717) is 6.61 Å². The minimum atomic E-state index is 0.231. The molecule has 0 bridgehead atoms. The van der Waals surface area contributed by atoms with E-state index in [2.05, 4.69) is 15.3 Å². The van der Waals surface area contributed by atoms with Crippen molar-refractivity contribution in [2.24, 2.45) is 0 Å². The summed E-state index contributed by atoms with van der Waals surface area (Å²) in [4.78, 5) is 8.44. The molecule has 1 saturated heterocycles. The Kier molecular flexibility index (Phi) is 2.52. The molecule has 3 heterocycles. The molecule has 1 aliphatic rings. The smallest absolute Gasteiger partial charge is 0.0662 e. The monoisotopic (exact) mass is 215 g/mol. The zero-order valence-corrected chi connectivity index (χ0v) is 8.89. The predicted octanol–water partition coefficient (Wildman–Crippen LogP) is 1.29. The lowest BCUT2D eigenvalue weighted by atomic mass is 10.0. The zero-order valence-electron chi connectivity index (χ0n) is 8.89. The first-order chi connectivity index (χ1) is 7.95. The second-order valence-corrected chi connectivity index (χ2v) is 3.91. The number of pyridine rings is 2. The third kappa shape index (κ3) is 1.66. The fourth-order valence-corrected chi connectivity index (χ4v) is 2.07. The molecule has 0 radical (unpaired) electrons. The summed E-state index contributed by atoms with van der Waals surface area (Å²) >= 11 is 0. The van der Waals surface area contributed by atoms with Crippen LogP contribution in [0.15, 0.2) is 30.9 Å². The molecule has 1 aliphatic heterocycles. The van der Waals surface area contributed by atoms with Gasteiger partial charge in [0.25, 0.3) is 0 Å². The minimum Gasteiger partial charge on any atom is -0.378 e. The van der Waals surface area contributed by atoms with Crippen molar-refractivity contribution >= 4 is 10.8 Å². The number of nitrogens with one attached hydrogen (secondary N) is 1. The molecule has 0 aliphatic carbocycles. The number of morpholine rings is 1. The Morgan fingerprint density at radius 2 is 2.25 bits per heavy atom. The molecule has 0 aromatic carbocycles. The van der Waals surface area contributed by atoms with Crippen molar-refractivity contribution in [3.8, 4) is 0 Å². The zero-order chi connectivity index (χ0) is 10.8. The molecule has 4 heteroatoms. The minimum absolute atomic E-state index is 0.231. The third-order valence-corrected chi connectivity index (χ3v) is 2.89. The van der Waals surface area contributed by atoms with Crippen LogP contribution in [0, 0.1) is 0 Å². The molecule has 16 heavy (non-hydrogen) atoms. The molecule has 1 N–H and O–H groups in total. The van der Waals surface area contributed by atoms with Crippen LogP contribution in [0.1, 0.15) is 11.6 Å². The van der Waals surface area contributed by atoms with Gasteiger partial charge < -0.3 is 10.1 Å². The van der Waals surface area contributed by atoms with Gasteiger partial charge in [-0.3, -0.25) is 9.97 Å². The average molecular weight is 215 g/mol. The number of hydrogen-bond donors (Lipinski definition) is 1. The summed E-state index contributed by atoms with van der Waals surface area (Å²) in [6, 6.07) is 2.21. The highest BCUT2D eigenvalue weighted by atomic mass is 16.5. The van der Waals surface area contributed by atoms with Gasteiger partial charge in [0.15, 0.2) is 0 Å². The summed E-state index contributed by atoms with van der Waals surface area (Å²) in [5.74, 6) is 0. The first kappa shape index (κ1) is 9.69. The van der Waals surface area contributed by atoms with Gasteiger partial charge in [0.05, 0.1) is 19.3 Å². The van der Waals surface area contributed by atoms with Crippen LogP contribution in [-0.2, 0) is 4.74 Å². The Morgan fingerprint density at radius 1 is 1.25 bits per heavy atom. The maximum absolute atomic E-state index is 5.47. The van der Waals surface area contributed by atoms with E-state index in [1.165, 1.54) is 5.56 Å². The van der Waals surface area contributed by atoms with Crippen LogP contribution in [0.25, 0.3) is 10.8 Å². The van der Waals surface area contributed by atoms with Gasteiger partial charge in [0.2, 0.25) is 0 Å². The summed E-state index contributed by atoms with van der Waals surface area (Å²) in [5.41, 5.74) is 1.17. The van der Waals surface area contributed by atoms with Crippen molar-refractivity contribution in [3.05, 3.63) is 36.4 Å². The summed E-state index contributed by atoms with van der Waals surface area (Å²) in [5, 5.41) is 5.71. The van der Waals surface area contributed by atoms with Gasteiger partial charge in [-0.2, -0.15) is 0 Å². The van der Waals surface area contributed by atoms with E-state index < -0.39 is 0 Å². The Balaban J connectivity index is 2.08. The molecule has 0 spiro atoms. The van der Waals surface area contributed by atoms with Crippen molar-refractivity contribution in [2.75, 3.05) is 19.8 Å². The van der Waals surface area contributed by atoms with E-state index in [4.69, 9.17) is 4.74 Å². The fraction of sp³-hybridized carbons (Fsp3) is 0.333. The molecular formula is C12H13N3O. The highest BCUT2D eigenvalue weighted by Crippen LogP contribution is 2.23. The molecule has 2 aromatic heterocycles. The van der Waals surface area contributed by atoms with Crippen LogP contribution < -0.4 is 5.32 Å². The Morgan fingerprint density at radius 3 is 3.12 bits per heavy atom. The molecule has 1 fully saturated rings. The van der Waals surface area contributed by atoms with E-state index in [-0.39, 0.29) is 6.04 Å². The topological polar surface area (TPSA) is 47.0 Å². The fourth-order valence-electron chi connectivity index (χ4n) is 2.07. The predicted molar refractivity (Wildman–Crippen MR) is 61.1 cm³/mol. The van der Waals surface area contributed by atoms with Gasteiger partial charge in [-0.15, -0.1) is 0 Å². The summed E-state index contributed by atoms with van der Waals surface area (Å²) in [6.07, 6.45) is 7.45. The lowest BCUT2D eigenvalue weighted by molar-refractivity contribution is 0.0772. The first-order valence-corrected chi connectivity index (χ1v) is 5.44. The largest absolute Gasteiger partial charge is 0.378 e. The SMILES string of the molecule is c1cc2cncc(C3COCCN3)c2cn1. The number of ether oxygens (including phenoxy) is 1. The van der Waals surface area contributed by atoms with Crippen LogP contribution in [0.2, 0.25) is 0 Å². The molecule has 82 valence electrons. The van der Waals surface area contributed by atoms with Crippen molar-refractivity contribution in [3.63, 3.8) is 0 Å². The first-order valence-electron chi connectivity index (χ1n) is 5.44. The van der Waals surface area contributed by atoms with Gasteiger partial charge in [-0.25, -0.2) is 0 Å². The molecule has 0 saturated carbocycles. The summed E-state index contributed by atoms with van der Waals surface area (Å²) in [6.45, 7) is 2.38. The molecule has 1 atom stereocenters. The number of aromatic nitrogens is 2. The van der Waals surface area contributed by atoms with Crippen molar-refractivity contribution < 1.29 is 4.74 Å². The second kappa shape index (κ2) is 4.15.